The van der Waals surface area contributed by atoms with Gasteiger partial charge in [0.1, 0.15) is 5.82 Å². The van der Waals surface area contributed by atoms with Gasteiger partial charge in [-0.2, -0.15) is 0 Å². The number of fused-ring (bicyclic) bond motifs is 2. The molecule has 25 heavy (non-hydrogen) atoms. The summed E-state index contributed by atoms with van der Waals surface area (Å²) < 4.78 is 2.16. The summed E-state index contributed by atoms with van der Waals surface area (Å²) in [6, 6.07) is 6.76. The van der Waals surface area contributed by atoms with E-state index in [9.17, 15) is 4.79 Å². The van der Waals surface area contributed by atoms with Crippen molar-refractivity contribution in [3.8, 4) is 0 Å². The Morgan fingerprint density at radius 3 is 2.96 bits per heavy atom. The molecule has 1 N–H and O–H groups in total. The van der Waals surface area contributed by atoms with Crippen molar-refractivity contribution >= 4 is 5.91 Å². The Morgan fingerprint density at radius 1 is 1.24 bits per heavy atom. The van der Waals surface area contributed by atoms with Gasteiger partial charge >= 0.3 is 0 Å². The van der Waals surface area contributed by atoms with Crippen LogP contribution in [0.5, 0.6) is 0 Å². The van der Waals surface area contributed by atoms with Crippen LogP contribution < -0.4 is 5.32 Å². The first kappa shape index (κ1) is 16.3. The second kappa shape index (κ2) is 7.00. The van der Waals surface area contributed by atoms with E-state index in [4.69, 9.17) is 0 Å². The first-order valence-corrected chi connectivity index (χ1v) is 9.32. The summed E-state index contributed by atoms with van der Waals surface area (Å²) in [6.07, 6.45) is 8.78. The van der Waals surface area contributed by atoms with Gasteiger partial charge in [-0.3, -0.25) is 9.69 Å². The molecule has 0 radical (unpaired) electrons. The van der Waals surface area contributed by atoms with Crippen molar-refractivity contribution in [3.63, 3.8) is 0 Å². The topological polar surface area (TPSA) is 50.2 Å². The predicted molar refractivity (Wildman–Crippen MR) is 97.1 cm³/mol. The van der Waals surface area contributed by atoms with Gasteiger partial charge in [0.2, 0.25) is 5.91 Å². The number of hydrogen-bond acceptors (Lipinski definition) is 3. The van der Waals surface area contributed by atoms with Gasteiger partial charge in [0, 0.05) is 25.5 Å². The van der Waals surface area contributed by atoms with Gasteiger partial charge in [0.05, 0.1) is 19.1 Å². The van der Waals surface area contributed by atoms with Crippen LogP contribution in [0, 0.1) is 0 Å². The molecule has 1 aromatic carbocycles. The third kappa shape index (κ3) is 3.61. The van der Waals surface area contributed by atoms with E-state index < -0.39 is 0 Å². The maximum atomic E-state index is 12.5. The van der Waals surface area contributed by atoms with Crippen LogP contribution in [-0.4, -0.2) is 33.4 Å². The third-order valence-corrected chi connectivity index (χ3v) is 5.44. The van der Waals surface area contributed by atoms with Gasteiger partial charge < -0.3 is 9.88 Å². The molecule has 1 aliphatic carbocycles. The van der Waals surface area contributed by atoms with E-state index in [1.54, 1.807) is 0 Å². The normalized spacial score (nSPS) is 18.3. The number of aryl methyl sites for hydroxylation is 2. The van der Waals surface area contributed by atoms with Crippen molar-refractivity contribution in [2.45, 2.75) is 51.7 Å². The Balaban J connectivity index is 1.34. The van der Waals surface area contributed by atoms with E-state index in [1.807, 2.05) is 12.4 Å². The number of carbonyl (C=O) groups is 1. The van der Waals surface area contributed by atoms with Crippen molar-refractivity contribution in [3.05, 3.63) is 53.1 Å². The molecule has 1 atom stereocenters. The summed E-state index contributed by atoms with van der Waals surface area (Å²) in [6.45, 7) is 5.05. The fourth-order valence-electron chi connectivity index (χ4n) is 3.95. The molecule has 4 rings (SSSR count). The average molecular weight is 338 g/mol. The average Bonchev–Trinajstić information content (AvgIpc) is 3.09. The number of nitrogens with one attached hydrogen (secondary N) is 1. The molecule has 5 nitrogen and oxygen atoms in total. The van der Waals surface area contributed by atoms with Gasteiger partial charge in [-0.05, 0) is 49.3 Å². The molecule has 0 fully saturated rings. The Labute approximate surface area is 149 Å². The lowest BCUT2D eigenvalue weighted by molar-refractivity contribution is -0.123. The van der Waals surface area contributed by atoms with Crippen molar-refractivity contribution in [1.82, 2.24) is 19.8 Å². The van der Waals surface area contributed by atoms with Gasteiger partial charge in [0.25, 0.3) is 0 Å². The molecular weight excluding hydrogens is 312 g/mol. The highest BCUT2D eigenvalue weighted by molar-refractivity contribution is 5.78. The monoisotopic (exact) mass is 338 g/mol. The highest BCUT2D eigenvalue weighted by Crippen LogP contribution is 2.24. The van der Waals surface area contributed by atoms with Crippen LogP contribution in [-0.2, 0) is 30.7 Å². The zero-order valence-corrected chi connectivity index (χ0v) is 14.9. The number of aromatic nitrogens is 2. The molecule has 1 amide bonds. The van der Waals surface area contributed by atoms with Gasteiger partial charge in [-0.1, -0.05) is 18.2 Å². The van der Waals surface area contributed by atoms with Crippen molar-refractivity contribution in [2.24, 2.45) is 0 Å². The van der Waals surface area contributed by atoms with Gasteiger partial charge in [-0.15, -0.1) is 0 Å². The van der Waals surface area contributed by atoms with E-state index in [2.05, 4.69) is 44.9 Å². The lowest BCUT2D eigenvalue weighted by Crippen LogP contribution is -2.41. The second-order valence-electron chi connectivity index (χ2n) is 7.27. The minimum atomic E-state index is 0.0477. The molecule has 5 heteroatoms. The highest BCUT2D eigenvalue weighted by atomic mass is 16.2. The van der Waals surface area contributed by atoms with E-state index in [1.165, 1.54) is 42.4 Å². The Morgan fingerprint density at radius 2 is 2.08 bits per heavy atom. The van der Waals surface area contributed by atoms with Crippen LogP contribution in [0.25, 0.3) is 0 Å². The molecule has 1 unspecified atom stereocenters. The molecule has 0 saturated heterocycles. The highest BCUT2D eigenvalue weighted by Gasteiger charge is 2.20. The third-order valence-electron chi connectivity index (χ3n) is 5.44. The van der Waals surface area contributed by atoms with E-state index in [-0.39, 0.29) is 11.9 Å². The maximum Gasteiger partial charge on any atom is 0.234 e. The maximum absolute atomic E-state index is 12.5. The van der Waals surface area contributed by atoms with Crippen molar-refractivity contribution in [1.29, 1.82) is 0 Å². The quantitative estimate of drug-likeness (QED) is 0.932. The number of hydrogen-bond donors (Lipinski definition) is 1. The standard InChI is InChI=1S/C20H26N4O/c1-15(17-7-6-16-4-2-3-5-18(16)12-17)22-20(25)14-23-10-11-24-9-8-21-19(24)13-23/h6-9,12,15H,2-5,10-11,13-14H2,1H3,(H,22,25). The summed E-state index contributed by atoms with van der Waals surface area (Å²) in [5, 5.41) is 3.16. The first-order valence-electron chi connectivity index (χ1n) is 9.32. The van der Waals surface area contributed by atoms with Crippen LogP contribution in [0.1, 0.15) is 48.3 Å². The minimum absolute atomic E-state index is 0.0477. The second-order valence-corrected chi connectivity index (χ2v) is 7.27. The summed E-state index contributed by atoms with van der Waals surface area (Å²) in [5.41, 5.74) is 4.16. The zero-order chi connectivity index (χ0) is 17.2. The lowest BCUT2D eigenvalue weighted by Gasteiger charge is -2.27. The van der Waals surface area contributed by atoms with Crippen molar-refractivity contribution < 1.29 is 4.79 Å². The first-order chi connectivity index (χ1) is 12.2. The molecule has 1 aromatic heterocycles. The molecule has 2 aliphatic rings. The summed E-state index contributed by atoms with van der Waals surface area (Å²) in [5.74, 6) is 1.13. The molecule has 0 bridgehead atoms. The molecular formula is C20H26N4O. The van der Waals surface area contributed by atoms with Crippen LogP contribution in [0.3, 0.4) is 0 Å². The SMILES string of the molecule is CC(NC(=O)CN1CCn2ccnc2C1)c1ccc2c(c1)CCCC2. The van der Waals surface area contributed by atoms with E-state index >= 15 is 0 Å². The van der Waals surface area contributed by atoms with Crippen molar-refractivity contribution in [2.75, 3.05) is 13.1 Å². The Bertz CT molecular complexity index is 767. The van der Waals surface area contributed by atoms with Crippen LogP contribution in [0.4, 0.5) is 0 Å². The number of imidazole rings is 1. The molecule has 1 aliphatic heterocycles. The molecule has 2 aromatic rings. The zero-order valence-electron chi connectivity index (χ0n) is 14.9. The predicted octanol–water partition coefficient (Wildman–Crippen LogP) is 2.45. The Hall–Kier alpha value is -2.14. The Kier molecular flexibility index (Phi) is 4.57. The van der Waals surface area contributed by atoms with Gasteiger partial charge in [-0.25, -0.2) is 4.98 Å². The molecule has 0 spiro atoms. The van der Waals surface area contributed by atoms with E-state index in [0.717, 1.165) is 25.5 Å². The number of nitrogens with zero attached hydrogens (tertiary/aromatic N) is 3. The fourth-order valence-corrected chi connectivity index (χ4v) is 3.95. The van der Waals surface area contributed by atoms with Crippen LogP contribution in [0.15, 0.2) is 30.6 Å². The fraction of sp³-hybridized carbons (Fsp3) is 0.500. The largest absolute Gasteiger partial charge is 0.348 e. The number of carbonyl (C=O) groups excluding carboxylic acids is 1. The minimum Gasteiger partial charge on any atom is -0.348 e. The van der Waals surface area contributed by atoms with Gasteiger partial charge in [0.15, 0.2) is 0 Å². The van der Waals surface area contributed by atoms with Crippen LogP contribution >= 0.6 is 0 Å². The summed E-state index contributed by atoms with van der Waals surface area (Å²) >= 11 is 0. The number of rotatable bonds is 4. The smallest absolute Gasteiger partial charge is 0.234 e. The molecule has 132 valence electrons. The number of benzene rings is 1. The molecule has 0 saturated carbocycles. The lowest BCUT2D eigenvalue weighted by atomic mass is 9.89. The number of amides is 1. The van der Waals surface area contributed by atoms with E-state index in [0.29, 0.717) is 6.54 Å². The molecule has 2 heterocycles. The summed E-state index contributed by atoms with van der Waals surface area (Å²) in [7, 11) is 0. The summed E-state index contributed by atoms with van der Waals surface area (Å²) in [4.78, 5) is 19.0. The van der Waals surface area contributed by atoms with Crippen LogP contribution in [0.2, 0.25) is 0 Å².